The normalized spacial score (nSPS) is 18.0. The molecule has 1 saturated carbocycles. The van der Waals surface area contributed by atoms with Gasteiger partial charge in [-0.3, -0.25) is 4.90 Å². The van der Waals surface area contributed by atoms with E-state index in [2.05, 4.69) is 107 Å². The quantitative estimate of drug-likeness (QED) is 0.106. The van der Waals surface area contributed by atoms with Crippen molar-refractivity contribution in [2.75, 3.05) is 39.9 Å². The van der Waals surface area contributed by atoms with E-state index in [1.165, 1.54) is 81.6 Å². The lowest BCUT2D eigenvalue weighted by molar-refractivity contribution is 0.0123. The fourth-order valence-electron chi connectivity index (χ4n) is 7.87. The van der Waals surface area contributed by atoms with Gasteiger partial charge in [-0.25, -0.2) is 0 Å². The molecular weight excluding hydrogens is 604 g/mol. The molecule has 0 aromatic heterocycles. The van der Waals surface area contributed by atoms with Gasteiger partial charge in [0.2, 0.25) is 0 Å². The summed E-state index contributed by atoms with van der Waals surface area (Å²) in [6, 6.07) is 18.0. The van der Waals surface area contributed by atoms with E-state index in [4.69, 9.17) is 14.2 Å². The first-order valence-corrected chi connectivity index (χ1v) is 19.1. The third-order valence-corrected chi connectivity index (χ3v) is 11.1. The maximum atomic E-state index is 6.91. The van der Waals surface area contributed by atoms with Gasteiger partial charge in [0, 0.05) is 38.1 Å². The van der Waals surface area contributed by atoms with Crippen molar-refractivity contribution in [3.8, 4) is 22.6 Å². The minimum Gasteiger partial charge on any atom is -0.498 e. The summed E-state index contributed by atoms with van der Waals surface area (Å²) in [5.74, 6) is 3.27. The van der Waals surface area contributed by atoms with Crippen LogP contribution in [-0.2, 0) is 24.1 Å². The first-order valence-electron chi connectivity index (χ1n) is 19.1. The molecule has 0 bridgehead atoms. The third-order valence-electron chi connectivity index (χ3n) is 11.1. The van der Waals surface area contributed by atoms with Crippen LogP contribution in [-0.4, -0.2) is 55.2 Å². The Kier molecular flexibility index (Phi) is 11.4. The number of allylic oxidation sites excluding steroid dienone is 1. The fraction of sp³-hybridized carbons (Fsp3) is 0.545. The molecule has 0 radical (unpaired) electrons. The molecule has 264 valence electrons. The molecule has 2 aliphatic carbocycles. The molecule has 1 aliphatic heterocycles. The first-order chi connectivity index (χ1) is 23.7. The average Bonchev–Trinajstić information content (AvgIpc) is 3.85. The van der Waals surface area contributed by atoms with E-state index < -0.39 is 0 Å². The largest absolute Gasteiger partial charge is 0.498 e. The molecule has 3 aliphatic rings. The van der Waals surface area contributed by atoms with Gasteiger partial charge < -0.3 is 19.1 Å². The molecule has 1 atom stereocenters. The number of rotatable bonds is 17. The van der Waals surface area contributed by atoms with Crippen LogP contribution in [0.2, 0.25) is 0 Å². The van der Waals surface area contributed by atoms with Crippen LogP contribution in [0.15, 0.2) is 59.9 Å². The van der Waals surface area contributed by atoms with Crippen LogP contribution in [0, 0.1) is 13.8 Å². The minimum atomic E-state index is 0.0644. The van der Waals surface area contributed by atoms with Gasteiger partial charge in [-0.05, 0) is 149 Å². The summed E-state index contributed by atoms with van der Waals surface area (Å²) in [6.07, 6.45) is 10.0. The number of likely N-dealkylation sites (tertiary alicyclic amines) is 1. The van der Waals surface area contributed by atoms with E-state index in [9.17, 15) is 0 Å². The number of nitrogens with zero attached hydrogens (tertiary/aromatic N) is 2. The number of aryl methyl sites for hydroxylation is 2. The van der Waals surface area contributed by atoms with E-state index >= 15 is 0 Å². The standard InChI is InChI=1S/C44H60N2O3/c1-8-13-34-29-43(31(3)28-35(34)30-45(7)25-22-41(47-9-2)33-18-19-33)49-42-21-20-38-37(15-10-16-39(38)42)36-14-11-17-40(32(36)4)48-27-12-24-46-26-23-44(46,5)6/h10-11,14-17,28-29,42H,8-9,12-13,18-27,30H2,1-7H3/t42-/m0/s1. The number of fused-ring (bicyclic) bond motifs is 1. The van der Waals surface area contributed by atoms with E-state index in [1.54, 1.807) is 0 Å². The Hall–Kier alpha value is -3.28. The van der Waals surface area contributed by atoms with Crippen LogP contribution < -0.4 is 9.47 Å². The van der Waals surface area contributed by atoms with Gasteiger partial charge in [0.05, 0.1) is 19.0 Å². The van der Waals surface area contributed by atoms with Crippen LogP contribution in [0.25, 0.3) is 11.1 Å². The molecule has 0 N–H and O–H groups in total. The van der Waals surface area contributed by atoms with Crippen molar-refractivity contribution in [1.29, 1.82) is 0 Å². The molecule has 1 saturated heterocycles. The van der Waals surface area contributed by atoms with Gasteiger partial charge >= 0.3 is 0 Å². The van der Waals surface area contributed by atoms with E-state index in [-0.39, 0.29) is 6.10 Å². The van der Waals surface area contributed by atoms with Crippen LogP contribution in [0.5, 0.6) is 11.5 Å². The lowest BCUT2D eigenvalue weighted by atomic mass is 9.89. The van der Waals surface area contributed by atoms with Crippen LogP contribution in [0.4, 0.5) is 0 Å². The Morgan fingerprint density at radius 2 is 1.76 bits per heavy atom. The van der Waals surface area contributed by atoms with Gasteiger partial charge in [0.1, 0.15) is 17.6 Å². The summed E-state index contributed by atoms with van der Waals surface area (Å²) >= 11 is 0. The summed E-state index contributed by atoms with van der Waals surface area (Å²) in [6.45, 7) is 19.3. The van der Waals surface area contributed by atoms with Crippen molar-refractivity contribution in [2.45, 2.75) is 118 Å². The average molecular weight is 665 g/mol. The van der Waals surface area contributed by atoms with E-state index in [0.717, 1.165) is 82.9 Å². The first kappa shape index (κ1) is 35.5. The van der Waals surface area contributed by atoms with Crippen molar-refractivity contribution in [3.63, 3.8) is 0 Å². The highest BCUT2D eigenvalue weighted by molar-refractivity contribution is 5.74. The molecule has 5 heteroatoms. The zero-order chi connectivity index (χ0) is 34.5. The summed E-state index contributed by atoms with van der Waals surface area (Å²) < 4.78 is 19.2. The molecule has 1 heterocycles. The van der Waals surface area contributed by atoms with Crippen LogP contribution in [0.3, 0.4) is 0 Å². The molecule has 49 heavy (non-hydrogen) atoms. The molecule has 5 nitrogen and oxygen atoms in total. The molecular formula is C44H60N2O3. The molecule has 0 amide bonds. The SMILES string of the molecule is CCCc1cc(O[C@H]2CCc3c(-c4cccc(OCCCN5CCC5(C)C)c4C)cccc32)c(C)cc1CN(C)CCC(OCC)=C1CC1. The van der Waals surface area contributed by atoms with Gasteiger partial charge in [-0.1, -0.05) is 49.7 Å². The number of ether oxygens (including phenoxy) is 3. The van der Waals surface area contributed by atoms with Crippen LogP contribution in [0.1, 0.15) is 112 Å². The van der Waals surface area contributed by atoms with Gasteiger partial charge in [-0.2, -0.15) is 0 Å². The Bertz CT molecular complexity index is 1630. The third kappa shape index (κ3) is 8.37. The molecule has 6 rings (SSSR count). The smallest absolute Gasteiger partial charge is 0.124 e. The second kappa shape index (κ2) is 15.7. The second-order valence-electron chi connectivity index (χ2n) is 15.3. The summed E-state index contributed by atoms with van der Waals surface area (Å²) in [7, 11) is 2.24. The van der Waals surface area contributed by atoms with Gasteiger partial charge in [-0.15, -0.1) is 0 Å². The fourth-order valence-corrected chi connectivity index (χ4v) is 7.87. The lowest BCUT2D eigenvalue weighted by Gasteiger charge is -2.48. The Balaban J connectivity index is 1.13. The predicted molar refractivity (Wildman–Crippen MR) is 203 cm³/mol. The highest BCUT2D eigenvalue weighted by atomic mass is 16.5. The topological polar surface area (TPSA) is 34.2 Å². The summed E-state index contributed by atoms with van der Waals surface area (Å²) in [4.78, 5) is 5.01. The summed E-state index contributed by atoms with van der Waals surface area (Å²) in [5, 5.41) is 0. The number of benzene rings is 3. The maximum Gasteiger partial charge on any atom is 0.124 e. The number of hydrogen-bond donors (Lipinski definition) is 0. The zero-order valence-electron chi connectivity index (χ0n) is 31.4. The second-order valence-corrected chi connectivity index (χ2v) is 15.3. The van der Waals surface area contributed by atoms with E-state index in [0.29, 0.717) is 5.54 Å². The Labute approximate surface area is 296 Å². The molecule has 3 aromatic rings. The molecule has 2 fully saturated rings. The van der Waals surface area contributed by atoms with Crippen molar-refractivity contribution >= 4 is 0 Å². The van der Waals surface area contributed by atoms with Gasteiger partial charge in [0.25, 0.3) is 0 Å². The highest BCUT2D eigenvalue weighted by Crippen LogP contribution is 2.43. The van der Waals surface area contributed by atoms with Crippen molar-refractivity contribution in [2.24, 2.45) is 0 Å². The Morgan fingerprint density at radius 3 is 2.47 bits per heavy atom. The van der Waals surface area contributed by atoms with Crippen LogP contribution >= 0.6 is 0 Å². The Morgan fingerprint density at radius 1 is 0.959 bits per heavy atom. The minimum absolute atomic E-state index is 0.0644. The highest BCUT2D eigenvalue weighted by Gasteiger charge is 2.35. The number of hydrogen-bond acceptors (Lipinski definition) is 5. The van der Waals surface area contributed by atoms with E-state index in [1.807, 2.05) is 0 Å². The molecule has 0 unspecified atom stereocenters. The zero-order valence-corrected chi connectivity index (χ0v) is 31.4. The van der Waals surface area contributed by atoms with Crippen molar-refractivity contribution < 1.29 is 14.2 Å². The van der Waals surface area contributed by atoms with Crippen molar-refractivity contribution in [1.82, 2.24) is 9.80 Å². The predicted octanol–water partition coefficient (Wildman–Crippen LogP) is 10.1. The molecule has 3 aromatic carbocycles. The monoisotopic (exact) mass is 664 g/mol. The van der Waals surface area contributed by atoms with Crippen molar-refractivity contribution in [3.05, 3.63) is 93.2 Å². The maximum absolute atomic E-state index is 6.91. The van der Waals surface area contributed by atoms with Gasteiger partial charge in [0.15, 0.2) is 0 Å². The summed E-state index contributed by atoms with van der Waals surface area (Å²) in [5.41, 5.74) is 12.5. The molecule has 0 spiro atoms. The lowest BCUT2D eigenvalue weighted by Crippen LogP contribution is -2.55.